The van der Waals surface area contributed by atoms with Gasteiger partial charge in [0.1, 0.15) is 6.29 Å². The summed E-state index contributed by atoms with van der Waals surface area (Å²) in [7, 11) is 4.20. The predicted octanol–water partition coefficient (Wildman–Crippen LogP) is 0.789. The van der Waals surface area contributed by atoms with Crippen LogP contribution in [0.4, 0.5) is 0 Å². The maximum absolute atomic E-state index is 12.1. The van der Waals surface area contributed by atoms with Gasteiger partial charge < -0.3 is 33.6 Å². The Balaban J connectivity index is 2.35. The van der Waals surface area contributed by atoms with E-state index in [0.29, 0.717) is 12.8 Å². The van der Waals surface area contributed by atoms with E-state index in [1.54, 1.807) is 13.8 Å². The number of methoxy groups -OCH3 is 3. The second kappa shape index (κ2) is 7.28. The molecule has 8 nitrogen and oxygen atoms in total. The monoisotopic (exact) mass is 360 g/mol. The number of rotatable bonds is 6. The van der Waals surface area contributed by atoms with Crippen LogP contribution in [-0.4, -0.2) is 68.1 Å². The molecule has 0 bridgehead atoms. The topological polar surface area (TPSA) is 101 Å². The van der Waals surface area contributed by atoms with Crippen LogP contribution in [0.5, 0.6) is 0 Å². The lowest BCUT2D eigenvalue weighted by Crippen LogP contribution is -2.69. The van der Waals surface area contributed by atoms with Crippen molar-refractivity contribution in [3.05, 3.63) is 0 Å². The van der Waals surface area contributed by atoms with Crippen molar-refractivity contribution in [2.24, 2.45) is 5.92 Å². The maximum Gasteiger partial charge on any atom is 0.337 e. The first-order chi connectivity index (χ1) is 11.7. The van der Waals surface area contributed by atoms with Crippen molar-refractivity contribution >= 4 is 12.3 Å². The fourth-order valence-corrected chi connectivity index (χ4v) is 3.80. The first kappa shape index (κ1) is 20.3. The molecule has 2 aliphatic rings. The Labute approximate surface area is 147 Å². The zero-order valence-corrected chi connectivity index (χ0v) is 15.4. The largest absolute Gasteiger partial charge is 0.467 e. The zero-order valence-electron chi connectivity index (χ0n) is 15.4. The van der Waals surface area contributed by atoms with Gasteiger partial charge in [-0.05, 0) is 32.6 Å². The molecule has 0 amide bonds. The number of carbonyl (C=O) groups excluding carboxylic acids is 2. The Bertz CT molecular complexity index is 511. The molecule has 144 valence electrons. The molecular formula is C17H28O8. The molecule has 1 N–H and O–H groups in total. The van der Waals surface area contributed by atoms with Crippen molar-refractivity contribution in [2.75, 3.05) is 21.3 Å². The second-order valence-electron chi connectivity index (χ2n) is 6.97. The number of ether oxygens (including phenoxy) is 5. The summed E-state index contributed by atoms with van der Waals surface area (Å²) in [4.78, 5) is 22.9. The standard InChI is InChI=1S/C17H28O8/c1-15(22-4)16(2,23-5)25-13-11(7-6-8-18)9-17(20,14(19)21-3)10-12(13)24-15/h8,11-13,20H,6-7,9-10H2,1-5H3/t11-,12+,13+,15-,16-,17-/m0/s1. The van der Waals surface area contributed by atoms with E-state index in [-0.39, 0.29) is 18.8 Å². The number of carbonyl (C=O) groups is 2. The molecule has 6 atom stereocenters. The third kappa shape index (κ3) is 3.46. The number of hydrogen-bond acceptors (Lipinski definition) is 8. The van der Waals surface area contributed by atoms with Gasteiger partial charge in [0.25, 0.3) is 0 Å². The average Bonchev–Trinajstić information content (AvgIpc) is 2.60. The third-order valence-corrected chi connectivity index (χ3v) is 5.53. The second-order valence-corrected chi connectivity index (χ2v) is 6.97. The minimum absolute atomic E-state index is 0.0146. The van der Waals surface area contributed by atoms with Crippen LogP contribution in [-0.2, 0) is 33.3 Å². The van der Waals surface area contributed by atoms with Crippen molar-refractivity contribution in [3.63, 3.8) is 0 Å². The minimum Gasteiger partial charge on any atom is -0.467 e. The van der Waals surface area contributed by atoms with Gasteiger partial charge in [0, 0.05) is 27.1 Å². The van der Waals surface area contributed by atoms with Crippen molar-refractivity contribution in [2.45, 2.75) is 68.9 Å². The highest BCUT2D eigenvalue weighted by Crippen LogP contribution is 2.48. The van der Waals surface area contributed by atoms with Gasteiger partial charge >= 0.3 is 5.97 Å². The molecule has 1 aliphatic carbocycles. The summed E-state index contributed by atoms with van der Waals surface area (Å²) in [6, 6.07) is 0. The first-order valence-corrected chi connectivity index (χ1v) is 8.39. The van der Waals surface area contributed by atoms with Gasteiger partial charge in [-0.2, -0.15) is 0 Å². The molecule has 8 heteroatoms. The SMILES string of the molecule is COC(=O)[C@]1(O)C[C@H](CCC=O)[C@H]2O[C@](C)(OC)[C@@](C)(OC)O[C@@H]2C1. The zero-order chi connectivity index (χ0) is 18.9. The van der Waals surface area contributed by atoms with Crippen LogP contribution in [0.2, 0.25) is 0 Å². The van der Waals surface area contributed by atoms with Crippen molar-refractivity contribution in [1.82, 2.24) is 0 Å². The number of aldehydes is 1. The Morgan fingerprint density at radius 1 is 1.16 bits per heavy atom. The van der Waals surface area contributed by atoms with Crippen molar-refractivity contribution < 1.29 is 38.4 Å². The Morgan fingerprint density at radius 3 is 2.28 bits per heavy atom. The molecule has 2 rings (SSSR count). The molecular weight excluding hydrogens is 332 g/mol. The third-order valence-electron chi connectivity index (χ3n) is 5.53. The van der Waals surface area contributed by atoms with Gasteiger partial charge in [-0.15, -0.1) is 0 Å². The van der Waals surface area contributed by atoms with Crippen LogP contribution < -0.4 is 0 Å². The summed E-state index contributed by atoms with van der Waals surface area (Å²) < 4.78 is 28.0. The summed E-state index contributed by atoms with van der Waals surface area (Å²) >= 11 is 0. The van der Waals surface area contributed by atoms with Gasteiger partial charge in [-0.1, -0.05) is 0 Å². The molecule has 0 unspecified atom stereocenters. The lowest BCUT2D eigenvalue weighted by Gasteiger charge is -2.56. The van der Waals surface area contributed by atoms with Crippen LogP contribution in [0.15, 0.2) is 0 Å². The molecule has 1 saturated carbocycles. The molecule has 1 aliphatic heterocycles. The summed E-state index contributed by atoms with van der Waals surface area (Å²) in [5.74, 6) is -3.40. The summed E-state index contributed by atoms with van der Waals surface area (Å²) in [6.45, 7) is 3.39. The number of aliphatic hydroxyl groups is 1. The van der Waals surface area contributed by atoms with Gasteiger partial charge in [0.15, 0.2) is 5.60 Å². The first-order valence-electron chi connectivity index (χ1n) is 8.39. The maximum atomic E-state index is 12.1. The van der Waals surface area contributed by atoms with Gasteiger partial charge in [-0.25, -0.2) is 4.79 Å². The number of esters is 1. The Kier molecular flexibility index (Phi) is 5.90. The van der Waals surface area contributed by atoms with Crippen LogP contribution in [0, 0.1) is 5.92 Å². The van der Waals surface area contributed by atoms with E-state index >= 15 is 0 Å². The van der Waals surface area contributed by atoms with Gasteiger partial charge in [-0.3, -0.25) is 0 Å². The van der Waals surface area contributed by atoms with Gasteiger partial charge in [0.05, 0.1) is 19.3 Å². The van der Waals surface area contributed by atoms with Crippen molar-refractivity contribution in [1.29, 1.82) is 0 Å². The quantitative estimate of drug-likeness (QED) is 0.548. The smallest absolute Gasteiger partial charge is 0.337 e. The lowest BCUT2D eigenvalue weighted by atomic mass is 9.72. The molecule has 0 aromatic rings. The van der Waals surface area contributed by atoms with Crippen molar-refractivity contribution in [3.8, 4) is 0 Å². The van der Waals surface area contributed by atoms with Crippen LogP contribution in [0.3, 0.4) is 0 Å². The molecule has 0 spiro atoms. The van der Waals surface area contributed by atoms with Crippen LogP contribution in [0.25, 0.3) is 0 Å². The number of fused-ring (bicyclic) bond motifs is 1. The highest BCUT2D eigenvalue weighted by atomic mass is 16.8. The van der Waals surface area contributed by atoms with Gasteiger partial charge in [0.2, 0.25) is 11.6 Å². The summed E-state index contributed by atoms with van der Waals surface area (Å²) in [5.41, 5.74) is -1.69. The minimum atomic E-state index is -1.69. The van der Waals surface area contributed by atoms with Crippen LogP contribution >= 0.6 is 0 Å². The highest BCUT2D eigenvalue weighted by molar-refractivity contribution is 5.79. The van der Waals surface area contributed by atoms with E-state index < -0.39 is 35.4 Å². The molecule has 0 radical (unpaired) electrons. The molecule has 25 heavy (non-hydrogen) atoms. The van der Waals surface area contributed by atoms with E-state index in [1.807, 2.05) is 0 Å². The molecule has 2 fully saturated rings. The van der Waals surface area contributed by atoms with E-state index in [0.717, 1.165) is 6.29 Å². The molecule has 0 aromatic carbocycles. The fraction of sp³-hybridized carbons (Fsp3) is 0.882. The molecule has 1 heterocycles. The molecule has 0 aromatic heterocycles. The highest BCUT2D eigenvalue weighted by Gasteiger charge is 2.62. The van der Waals surface area contributed by atoms with E-state index in [2.05, 4.69) is 0 Å². The normalized spacial score (nSPS) is 44.0. The predicted molar refractivity (Wildman–Crippen MR) is 85.6 cm³/mol. The Hall–Kier alpha value is -1.06. The van der Waals surface area contributed by atoms with E-state index in [4.69, 9.17) is 23.7 Å². The fourth-order valence-electron chi connectivity index (χ4n) is 3.80. The van der Waals surface area contributed by atoms with E-state index in [9.17, 15) is 14.7 Å². The molecule has 1 saturated heterocycles. The summed E-state index contributed by atoms with van der Waals surface area (Å²) in [5, 5.41) is 10.8. The number of hydrogen-bond donors (Lipinski definition) is 1. The van der Waals surface area contributed by atoms with E-state index in [1.165, 1.54) is 21.3 Å². The van der Waals surface area contributed by atoms with Crippen LogP contribution in [0.1, 0.15) is 39.5 Å². The summed E-state index contributed by atoms with van der Waals surface area (Å²) in [6.07, 6.45) is 0.638. The average molecular weight is 360 g/mol. The lowest BCUT2D eigenvalue weighted by molar-refractivity contribution is -0.459. The Morgan fingerprint density at radius 2 is 1.76 bits per heavy atom.